The Bertz CT molecular complexity index is 704. The molecule has 0 bridgehead atoms. The minimum atomic E-state index is -0.238. The van der Waals surface area contributed by atoms with Gasteiger partial charge in [0.25, 0.3) is 0 Å². The molecule has 2 aromatic rings. The maximum absolute atomic E-state index is 10.0. The highest BCUT2D eigenvalue weighted by molar-refractivity contribution is 6.32. The van der Waals surface area contributed by atoms with Gasteiger partial charge in [0.05, 0.1) is 5.02 Å². The number of hydrogen-bond donors (Lipinski definition) is 2. The first kappa shape index (κ1) is 14.3. The smallest absolute Gasteiger partial charge is 0.134 e. The molecular formula is C18H19ClO2. The third kappa shape index (κ3) is 1.93. The van der Waals surface area contributed by atoms with Crippen LogP contribution in [0.15, 0.2) is 36.4 Å². The molecule has 1 aliphatic rings. The lowest BCUT2D eigenvalue weighted by atomic mass is 9.63. The molecule has 3 rings (SSSR count). The summed E-state index contributed by atoms with van der Waals surface area (Å²) in [4.78, 5) is 0. The van der Waals surface area contributed by atoms with Gasteiger partial charge in [0.2, 0.25) is 0 Å². The second-order valence-electron chi connectivity index (χ2n) is 6.69. The summed E-state index contributed by atoms with van der Waals surface area (Å²) in [6.07, 6.45) is 0.902. The van der Waals surface area contributed by atoms with Crippen molar-refractivity contribution in [3.8, 4) is 11.5 Å². The Morgan fingerprint density at radius 3 is 2.24 bits per heavy atom. The molecule has 3 heteroatoms. The van der Waals surface area contributed by atoms with E-state index in [0.29, 0.717) is 5.02 Å². The first-order valence-electron chi connectivity index (χ1n) is 7.07. The second kappa shape index (κ2) is 4.41. The topological polar surface area (TPSA) is 40.5 Å². The van der Waals surface area contributed by atoms with Crippen molar-refractivity contribution in [3.63, 3.8) is 0 Å². The molecule has 2 N–H and O–H groups in total. The van der Waals surface area contributed by atoms with Crippen LogP contribution in [0.25, 0.3) is 0 Å². The zero-order valence-electron chi connectivity index (χ0n) is 12.4. The van der Waals surface area contributed by atoms with Gasteiger partial charge in [-0.2, -0.15) is 0 Å². The highest BCUT2D eigenvalue weighted by Crippen LogP contribution is 2.56. The first-order chi connectivity index (χ1) is 9.75. The molecule has 1 atom stereocenters. The summed E-state index contributed by atoms with van der Waals surface area (Å²) >= 11 is 6.06. The Morgan fingerprint density at radius 2 is 1.62 bits per heavy atom. The highest BCUT2D eigenvalue weighted by Gasteiger charge is 2.50. The maximum Gasteiger partial charge on any atom is 0.134 e. The van der Waals surface area contributed by atoms with Gasteiger partial charge in [-0.25, -0.2) is 0 Å². The molecule has 0 aliphatic heterocycles. The van der Waals surface area contributed by atoms with Crippen LogP contribution in [0.5, 0.6) is 11.5 Å². The molecule has 0 saturated heterocycles. The first-order valence-corrected chi connectivity index (χ1v) is 7.45. The van der Waals surface area contributed by atoms with Crippen molar-refractivity contribution in [2.75, 3.05) is 0 Å². The fraction of sp³-hybridized carbons (Fsp3) is 0.333. The van der Waals surface area contributed by atoms with E-state index >= 15 is 0 Å². The predicted molar refractivity (Wildman–Crippen MR) is 85.2 cm³/mol. The van der Waals surface area contributed by atoms with Crippen LogP contribution in [0.4, 0.5) is 0 Å². The van der Waals surface area contributed by atoms with Crippen LogP contribution in [0.2, 0.25) is 5.02 Å². The van der Waals surface area contributed by atoms with Crippen LogP contribution < -0.4 is 0 Å². The molecule has 0 saturated carbocycles. The summed E-state index contributed by atoms with van der Waals surface area (Å²) < 4.78 is 0. The summed E-state index contributed by atoms with van der Waals surface area (Å²) in [6.45, 7) is 6.65. The van der Waals surface area contributed by atoms with Crippen LogP contribution in [-0.4, -0.2) is 10.2 Å². The number of phenolic OH excluding ortho intramolecular Hbond substituents is 2. The van der Waals surface area contributed by atoms with E-state index in [1.807, 2.05) is 18.2 Å². The SMILES string of the molecule is CC1(C)Cc2cc(Cl)c(O)cc2C1(C)c1ccc(O)cc1. The van der Waals surface area contributed by atoms with Gasteiger partial charge in [-0.3, -0.25) is 0 Å². The van der Waals surface area contributed by atoms with Gasteiger partial charge in [-0.05, 0) is 52.8 Å². The van der Waals surface area contributed by atoms with Gasteiger partial charge in [0.1, 0.15) is 11.5 Å². The summed E-state index contributed by atoms with van der Waals surface area (Å²) in [6, 6.07) is 11.0. The molecule has 0 amide bonds. The van der Waals surface area contributed by atoms with Gasteiger partial charge < -0.3 is 10.2 Å². The van der Waals surface area contributed by atoms with Gasteiger partial charge in [0.15, 0.2) is 0 Å². The van der Waals surface area contributed by atoms with E-state index in [2.05, 4.69) is 20.8 Å². The monoisotopic (exact) mass is 302 g/mol. The molecule has 0 heterocycles. The average Bonchev–Trinajstić information content (AvgIpc) is 2.60. The minimum absolute atomic E-state index is 0.0105. The van der Waals surface area contributed by atoms with Crippen LogP contribution in [0.1, 0.15) is 37.5 Å². The Kier molecular flexibility index (Phi) is 3.00. The number of rotatable bonds is 1. The zero-order valence-corrected chi connectivity index (χ0v) is 13.2. The standard InChI is InChI=1S/C18H19ClO2/c1-17(2)10-11-8-15(19)16(21)9-14(11)18(17,3)12-4-6-13(20)7-5-12/h4-9,20-21H,10H2,1-3H3. The largest absolute Gasteiger partial charge is 0.508 e. The number of aromatic hydroxyl groups is 2. The predicted octanol–water partition coefficient (Wildman–Crippen LogP) is 4.64. The summed E-state index contributed by atoms with van der Waals surface area (Å²) in [5.41, 5.74) is 3.17. The normalized spacial score (nSPS) is 23.0. The highest BCUT2D eigenvalue weighted by atomic mass is 35.5. The summed E-state index contributed by atoms with van der Waals surface area (Å²) in [5.74, 6) is 0.385. The van der Waals surface area contributed by atoms with Crippen LogP contribution >= 0.6 is 11.6 Å². The molecule has 1 aliphatic carbocycles. The van der Waals surface area contributed by atoms with Crippen molar-refractivity contribution in [2.24, 2.45) is 5.41 Å². The third-order valence-electron chi connectivity index (χ3n) is 5.14. The van der Waals surface area contributed by atoms with Gasteiger partial charge in [-0.15, -0.1) is 0 Å². The van der Waals surface area contributed by atoms with Crippen molar-refractivity contribution < 1.29 is 10.2 Å². The van der Waals surface area contributed by atoms with E-state index in [4.69, 9.17) is 11.6 Å². The molecule has 21 heavy (non-hydrogen) atoms. The molecule has 0 spiro atoms. The summed E-state index contributed by atoms with van der Waals surface area (Å²) in [5, 5.41) is 19.9. The minimum Gasteiger partial charge on any atom is -0.508 e. The van der Waals surface area contributed by atoms with Crippen LogP contribution in [0, 0.1) is 5.41 Å². The van der Waals surface area contributed by atoms with Crippen molar-refractivity contribution in [1.82, 2.24) is 0 Å². The lowest BCUT2D eigenvalue weighted by molar-refractivity contribution is 0.247. The van der Waals surface area contributed by atoms with E-state index in [-0.39, 0.29) is 22.3 Å². The molecule has 110 valence electrons. The van der Waals surface area contributed by atoms with Crippen LogP contribution in [0.3, 0.4) is 0 Å². The van der Waals surface area contributed by atoms with Gasteiger partial charge >= 0.3 is 0 Å². The summed E-state index contributed by atoms with van der Waals surface area (Å²) in [7, 11) is 0. The lowest BCUT2D eigenvalue weighted by Gasteiger charge is -2.40. The molecule has 1 unspecified atom stereocenters. The Hall–Kier alpha value is -1.67. The van der Waals surface area contributed by atoms with Crippen molar-refractivity contribution in [2.45, 2.75) is 32.6 Å². The lowest BCUT2D eigenvalue weighted by Crippen LogP contribution is -2.36. The van der Waals surface area contributed by atoms with Crippen molar-refractivity contribution in [1.29, 1.82) is 0 Å². The van der Waals surface area contributed by atoms with E-state index in [0.717, 1.165) is 17.5 Å². The fourth-order valence-corrected chi connectivity index (χ4v) is 3.76. The van der Waals surface area contributed by atoms with Gasteiger partial charge in [-0.1, -0.05) is 44.5 Å². The number of benzene rings is 2. The van der Waals surface area contributed by atoms with Crippen LogP contribution in [-0.2, 0) is 11.8 Å². The van der Waals surface area contributed by atoms with E-state index in [1.165, 1.54) is 5.56 Å². The fourth-order valence-electron chi connectivity index (χ4n) is 3.57. The van der Waals surface area contributed by atoms with E-state index in [1.54, 1.807) is 18.2 Å². The number of halogens is 1. The molecule has 0 radical (unpaired) electrons. The molecular weight excluding hydrogens is 284 g/mol. The van der Waals surface area contributed by atoms with E-state index < -0.39 is 0 Å². The Labute approximate surface area is 130 Å². The van der Waals surface area contributed by atoms with Crippen molar-refractivity contribution in [3.05, 3.63) is 58.1 Å². The average molecular weight is 303 g/mol. The van der Waals surface area contributed by atoms with E-state index in [9.17, 15) is 10.2 Å². The quantitative estimate of drug-likeness (QED) is 0.805. The third-order valence-corrected chi connectivity index (χ3v) is 5.44. The number of fused-ring (bicyclic) bond motifs is 1. The Balaban J connectivity index is 2.26. The van der Waals surface area contributed by atoms with Crippen molar-refractivity contribution >= 4 is 11.6 Å². The zero-order chi connectivity index (χ0) is 15.4. The molecule has 0 aromatic heterocycles. The molecule has 2 nitrogen and oxygen atoms in total. The number of phenols is 2. The molecule has 0 fully saturated rings. The second-order valence-corrected chi connectivity index (χ2v) is 7.10. The Morgan fingerprint density at radius 1 is 1.00 bits per heavy atom. The maximum atomic E-state index is 10.0. The molecule has 2 aromatic carbocycles. The number of hydrogen-bond acceptors (Lipinski definition) is 2. The van der Waals surface area contributed by atoms with Gasteiger partial charge in [0, 0.05) is 5.41 Å².